The van der Waals surface area contributed by atoms with Crippen molar-refractivity contribution in [3.63, 3.8) is 0 Å². The maximum absolute atomic E-state index is 5.46. The zero-order chi connectivity index (χ0) is 11.4. The first-order chi connectivity index (χ1) is 7.85. The Balaban J connectivity index is 2.08. The van der Waals surface area contributed by atoms with Gasteiger partial charge >= 0.3 is 0 Å². The Labute approximate surface area is 98.0 Å². The molecule has 1 heterocycles. The molecular weight excluding hydrogens is 198 g/mol. The molecule has 2 nitrogen and oxygen atoms in total. The number of hydrogen-bond acceptors (Lipinski definition) is 2. The molecule has 0 aromatic heterocycles. The Morgan fingerprint density at radius 3 is 2.62 bits per heavy atom. The van der Waals surface area contributed by atoms with Gasteiger partial charge in [-0.25, -0.2) is 0 Å². The minimum absolute atomic E-state index is 0.542. The molecule has 88 valence electrons. The number of rotatable bonds is 4. The maximum Gasteiger partial charge on any atom is 0.119 e. The van der Waals surface area contributed by atoms with Gasteiger partial charge in [-0.3, -0.25) is 0 Å². The molecule has 1 aromatic carbocycles. The highest BCUT2D eigenvalue weighted by Crippen LogP contribution is 2.32. The fourth-order valence-electron chi connectivity index (χ4n) is 2.53. The molecule has 0 spiro atoms. The highest BCUT2D eigenvalue weighted by atomic mass is 16.5. The van der Waals surface area contributed by atoms with Crippen LogP contribution >= 0.6 is 0 Å². The van der Waals surface area contributed by atoms with E-state index < -0.39 is 0 Å². The van der Waals surface area contributed by atoms with Crippen LogP contribution in [0.1, 0.15) is 38.3 Å². The largest absolute Gasteiger partial charge is 0.494 e. The van der Waals surface area contributed by atoms with Gasteiger partial charge in [0.25, 0.3) is 0 Å². The number of benzene rings is 1. The van der Waals surface area contributed by atoms with E-state index in [4.69, 9.17) is 4.74 Å². The molecule has 1 saturated heterocycles. The molecule has 1 aromatic rings. The first-order valence-corrected chi connectivity index (χ1v) is 6.31. The van der Waals surface area contributed by atoms with Crippen LogP contribution in [0.5, 0.6) is 5.75 Å². The molecule has 2 rings (SSSR count). The fourth-order valence-corrected chi connectivity index (χ4v) is 2.53. The van der Waals surface area contributed by atoms with E-state index in [-0.39, 0.29) is 0 Å². The van der Waals surface area contributed by atoms with E-state index in [0.29, 0.717) is 6.04 Å². The molecule has 0 aliphatic carbocycles. The van der Waals surface area contributed by atoms with Crippen molar-refractivity contribution in [2.24, 2.45) is 5.92 Å². The van der Waals surface area contributed by atoms with E-state index in [1.165, 1.54) is 18.4 Å². The summed E-state index contributed by atoms with van der Waals surface area (Å²) >= 11 is 0. The Kier molecular flexibility index (Phi) is 3.83. The lowest BCUT2D eigenvalue weighted by atomic mass is 9.92. The summed E-state index contributed by atoms with van der Waals surface area (Å²) in [5, 5.41) is 3.58. The lowest BCUT2D eigenvalue weighted by Crippen LogP contribution is -2.17. The van der Waals surface area contributed by atoms with Gasteiger partial charge in [-0.2, -0.15) is 0 Å². The molecule has 0 saturated carbocycles. The van der Waals surface area contributed by atoms with Crippen LogP contribution in [0, 0.1) is 5.92 Å². The fraction of sp³-hybridized carbons (Fsp3) is 0.571. The summed E-state index contributed by atoms with van der Waals surface area (Å²) in [6.07, 6.45) is 2.55. The van der Waals surface area contributed by atoms with Crippen LogP contribution in [0.2, 0.25) is 0 Å². The first kappa shape index (κ1) is 11.5. The molecule has 2 atom stereocenters. The molecule has 0 amide bonds. The molecule has 0 bridgehead atoms. The van der Waals surface area contributed by atoms with Gasteiger partial charge in [0.1, 0.15) is 5.75 Å². The molecule has 2 heteroatoms. The number of nitrogens with one attached hydrogen (secondary N) is 1. The van der Waals surface area contributed by atoms with Crippen molar-refractivity contribution in [3.8, 4) is 5.75 Å². The van der Waals surface area contributed by atoms with Crippen molar-refractivity contribution >= 4 is 0 Å². The standard InChI is InChI=1S/C14H21NO/c1-3-11-9-10-15-14(11)12-5-7-13(8-6-12)16-4-2/h5-8,11,14-15H,3-4,9-10H2,1-2H3/t11-,14+/m0/s1. The molecular formula is C14H21NO. The second-order valence-electron chi connectivity index (χ2n) is 4.39. The van der Waals surface area contributed by atoms with Crippen molar-refractivity contribution in [1.82, 2.24) is 5.32 Å². The zero-order valence-electron chi connectivity index (χ0n) is 10.2. The van der Waals surface area contributed by atoms with Crippen molar-refractivity contribution in [2.75, 3.05) is 13.2 Å². The predicted molar refractivity (Wildman–Crippen MR) is 66.8 cm³/mol. The lowest BCUT2D eigenvalue weighted by Gasteiger charge is -2.18. The molecule has 0 unspecified atom stereocenters. The number of ether oxygens (including phenoxy) is 1. The van der Waals surface area contributed by atoms with Gasteiger partial charge < -0.3 is 10.1 Å². The van der Waals surface area contributed by atoms with Crippen molar-refractivity contribution in [2.45, 2.75) is 32.7 Å². The van der Waals surface area contributed by atoms with E-state index in [9.17, 15) is 0 Å². The second kappa shape index (κ2) is 5.35. The predicted octanol–water partition coefficient (Wildman–Crippen LogP) is 3.15. The van der Waals surface area contributed by atoms with Crippen molar-refractivity contribution in [3.05, 3.63) is 29.8 Å². The van der Waals surface area contributed by atoms with Crippen LogP contribution in [-0.2, 0) is 0 Å². The van der Waals surface area contributed by atoms with E-state index in [1.54, 1.807) is 0 Å². The van der Waals surface area contributed by atoms with Crippen LogP contribution < -0.4 is 10.1 Å². The van der Waals surface area contributed by atoms with Crippen LogP contribution in [0.25, 0.3) is 0 Å². The maximum atomic E-state index is 5.46. The van der Waals surface area contributed by atoms with Gasteiger partial charge in [0.2, 0.25) is 0 Å². The Hall–Kier alpha value is -1.02. The van der Waals surface area contributed by atoms with Gasteiger partial charge in [-0.1, -0.05) is 25.5 Å². The van der Waals surface area contributed by atoms with Gasteiger partial charge in [0, 0.05) is 6.04 Å². The third kappa shape index (κ3) is 2.38. The Morgan fingerprint density at radius 1 is 1.25 bits per heavy atom. The summed E-state index contributed by atoms with van der Waals surface area (Å²) < 4.78 is 5.46. The third-order valence-electron chi connectivity index (χ3n) is 3.43. The van der Waals surface area contributed by atoms with Gasteiger partial charge in [0.05, 0.1) is 6.61 Å². The quantitative estimate of drug-likeness (QED) is 0.840. The average molecular weight is 219 g/mol. The first-order valence-electron chi connectivity index (χ1n) is 6.31. The normalized spacial score (nSPS) is 24.6. The van der Waals surface area contributed by atoms with E-state index in [2.05, 4.69) is 36.5 Å². The highest BCUT2D eigenvalue weighted by molar-refractivity contribution is 5.30. The van der Waals surface area contributed by atoms with Crippen molar-refractivity contribution < 1.29 is 4.74 Å². The molecule has 1 aliphatic heterocycles. The van der Waals surface area contributed by atoms with E-state index >= 15 is 0 Å². The summed E-state index contributed by atoms with van der Waals surface area (Å²) in [7, 11) is 0. The number of hydrogen-bond donors (Lipinski definition) is 1. The van der Waals surface area contributed by atoms with Gasteiger partial charge in [0.15, 0.2) is 0 Å². The second-order valence-corrected chi connectivity index (χ2v) is 4.39. The summed E-state index contributed by atoms with van der Waals surface area (Å²) in [6, 6.07) is 9.07. The van der Waals surface area contributed by atoms with Crippen LogP contribution in [0.15, 0.2) is 24.3 Å². The topological polar surface area (TPSA) is 21.3 Å². The van der Waals surface area contributed by atoms with E-state index in [0.717, 1.165) is 24.8 Å². The lowest BCUT2D eigenvalue weighted by molar-refractivity contribution is 0.340. The summed E-state index contributed by atoms with van der Waals surface area (Å²) in [5.74, 6) is 1.76. The van der Waals surface area contributed by atoms with Crippen LogP contribution in [0.3, 0.4) is 0 Å². The molecule has 1 aliphatic rings. The highest BCUT2D eigenvalue weighted by Gasteiger charge is 2.26. The summed E-state index contributed by atoms with van der Waals surface area (Å²) in [4.78, 5) is 0. The monoisotopic (exact) mass is 219 g/mol. The average Bonchev–Trinajstić information content (AvgIpc) is 2.78. The van der Waals surface area contributed by atoms with E-state index in [1.807, 2.05) is 6.92 Å². The Morgan fingerprint density at radius 2 is 2.00 bits per heavy atom. The SMILES string of the molecule is CCOc1ccc([C@@H]2NCC[C@@H]2CC)cc1. The zero-order valence-corrected chi connectivity index (χ0v) is 10.2. The summed E-state index contributed by atoms with van der Waals surface area (Å²) in [5.41, 5.74) is 1.40. The molecule has 1 fully saturated rings. The minimum atomic E-state index is 0.542. The minimum Gasteiger partial charge on any atom is -0.494 e. The van der Waals surface area contributed by atoms with Crippen LogP contribution in [-0.4, -0.2) is 13.2 Å². The van der Waals surface area contributed by atoms with Gasteiger partial charge in [-0.15, -0.1) is 0 Å². The molecule has 1 N–H and O–H groups in total. The Bertz CT molecular complexity index is 320. The molecule has 0 radical (unpaired) electrons. The summed E-state index contributed by atoms with van der Waals surface area (Å²) in [6.45, 7) is 6.17. The van der Waals surface area contributed by atoms with Gasteiger partial charge in [-0.05, 0) is 43.5 Å². The smallest absolute Gasteiger partial charge is 0.119 e. The molecule has 16 heavy (non-hydrogen) atoms. The third-order valence-corrected chi connectivity index (χ3v) is 3.43. The van der Waals surface area contributed by atoms with Crippen molar-refractivity contribution in [1.29, 1.82) is 0 Å². The van der Waals surface area contributed by atoms with Crippen LogP contribution in [0.4, 0.5) is 0 Å².